The first kappa shape index (κ1) is 14.6. The van der Waals surface area contributed by atoms with E-state index in [4.69, 9.17) is 10.8 Å². The van der Waals surface area contributed by atoms with E-state index in [1.54, 1.807) is 6.07 Å². The molecular weight excluding hydrogens is 527 g/mol. The number of halogens is 3. The second-order valence-corrected chi connectivity index (χ2v) is 5.57. The highest BCUT2D eigenvalue weighted by Crippen LogP contribution is 2.29. The second kappa shape index (κ2) is 5.65. The molecule has 14 heavy (non-hydrogen) atoms. The number of anilines is 1. The summed E-state index contributed by atoms with van der Waals surface area (Å²) in [4.78, 5) is 10.8. The number of carboxylic acids is 1. The van der Waals surface area contributed by atoms with E-state index in [0.29, 0.717) is 14.8 Å². The lowest BCUT2D eigenvalue weighted by atomic mass is 10.2. The lowest BCUT2D eigenvalue weighted by molar-refractivity contribution is 0.0695. The summed E-state index contributed by atoms with van der Waals surface area (Å²) < 4.78 is 2.28. The molecule has 0 amide bonds. The van der Waals surface area contributed by atoms with Crippen molar-refractivity contribution < 1.29 is 15.4 Å². The Bertz CT molecular complexity index is 381. The van der Waals surface area contributed by atoms with Gasteiger partial charge in [-0.3, -0.25) is 0 Å². The Morgan fingerprint density at radius 3 is 2.21 bits per heavy atom. The number of rotatable bonds is 1. The predicted molar refractivity (Wildman–Crippen MR) is 79.6 cm³/mol. The van der Waals surface area contributed by atoms with Crippen LogP contribution in [0.1, 0.15) is 10.4 Å². The van der Waals surface area contributed by atoms with Crippen molar-refractivity contribution in [2.24, 2.45) is 0 Å². The van der Waals surface area contributed by atoms with Crippen LogP contribution in [-0.4, -0.2) is 16.6 Å². The Labute approximate surface area is 121 Å². The largest absolute Gasteiger partial charge is 0.478 e. The van der Waals surface area contributed by atoms with Crippen molar-refractivity contribution in [2.75, 3.05) is 5.73 Å². The number of benzene rings is 1. The van der Waals surface area contributed by atoms with Gasteiger partial charge in [0, 0.05) is 7.14 Å². The van der Waals surface area contributed by atoms with E-state index < -0.39 is 5.97 Å². The third kappa shape index (κ3) is 2.82. The predicted octanol–water partition coefficient (Wildman–Crippen LogP) is 1.96. The molecule has 78 valence electrons. The van der Waals surface area contributed by atoms with E-state index in [0.717, 1.165) is 7.14 Å². The maximum absolute atomic E-state index is 10.8. The number of carbonyl (C=O) groups is 1. The number of nitrogens with two attached hydrogens (primary N) is 1. The van der Waals surface area contributed by atoms with Crippen LogP contribution in [0.15, 0.2) is 6.07 Å². The van der Waals surface area contributed by atoms with Gasteiger partial charge in [-0.2, -0.15) is 0 Å². The van der Waals surface area contributed by atoms with Gasteiger partial charge in [-0.1, -0.05) is 0 Å². The van der Waals surface area contributed by atoms with Crippen LogP contribution in [0, 0.1) is 10.7 Å². The van der Waals surface area contributed by atoms with Gasteiger partial charge in [-0.05, 0) is 73.8 Å². The van der Waals surface area contributed by atoms with Crippen LogP contribution < -0.4 is 5.73 Å². The highest BCUT2D eigenvalue weighted by Gasteiger charge is 2.15. The summed E-state index contributed by atoms with van der Waals surface area (Å²) in [6.45, 7) is 0. The zero-order valence-corrected chi connectivity index (χ0v) is 13.1. The quantitative estimate of drug-likeness (QED) is 0.329. The van der Waals surface area contributed by atoms with Crippen molar-refractivity contribution >= 4 is 79.4 Å². The fourth-order valence-corrected chi connectivity index (χ4v) is 3.12. The number of hydrogen-bond donors (Lipinski definition) is 2. The van der Waals surface area contributed by atoms with E-state index in [1.807, 2.05) is 45.2 Å². The minimum atomic E-state index is -0.916. The Hall–Kier alpha value is 0.640. The summed E-state index contributed by atoms with van der Waals surface area (Å²) in [5, 5.41) is 8.85. The van der Waals surface area contributed by atoms with Gasteiger partial charge >= 0.3 is 5.97 Å². The Morgan fingerprint density at radius 1 is 1.29 bits per heavy atom. The Morgan fingerprint density at radius 2 is 1.79 bits per heavy atom. The van der Waals surface area contributed by atoms with Crippen LogP contribution in [0.25, 0.3) is 0 Å². The zero-order valence-electron chi connectivity index (χ0n) is 6.64. The van der Waals surface area contributed by atoms with Crippen molar-refractivity contribution in [3.05, 3.63) is 22.3 Å². The summed E-state index contributed by atoms with van der Waals surface area (Å²) in [5.41, 5.74) is 6.70. The van der Waals surface area contributed by atoms with Crippen LogP contribution in [0.2, 0.25) is 0 Å². The molecule has 0 radical (unpaired) electrons. The molecule has 1 aromatic rings. The minimum Gasteiger partial charge on any atom is -0.478 e. The van der Waals surface area contributed by atoms with Gasteiger partial charge in [0.05, 0.1) is 14.8 Å². The van der Waals surface area contributed by atoms with E-state index in [1.165, 1.54) is 0 Å². The molecule has 7 heteroatoms. The average molecular weight is 533 g/mol. The molecule has 0 saturated carbocycles. The lowest BCUT2D eigenvalue weighted by Crippen LogP contribution is -2.05. The van der Waals surface area contributed by atoms with Gasteiger partial charge in [0.2, 0.25) is 0 Å². The summed E-state index contributed by atoms with van der Waals surface area (Å²) in [6, 6.07) is 1.59. The minimum absolute atomic E-state index is 0. The molecule has 1 rings (SSSR count). The van der Waals surface area contributed by atoms with Crippen LogP contribution in [0.4, 0.5) is 5.69 Å². The van der Waals surface area contributed by atoms with Crippen LogP contribution in [-0.2, 0) is 0 Å². The lowest BCUT2D eigenvalue weighted by Gasteiger charge is -2.07. The highest BCUT2D eigenvalue weighted by atomic mass is 127. The van der Waals surface area contributed by atoms with Gasteiger partial charge in [0.1, 0.15) is 0 Å². The van der Waals surface area contributed by atoms with Crippen molar-refractivity contribution in [1.29, 1.82) is 0 Å². The average Bonchev–Trinajstić information content (AvgIpc) is 2.07. The van der Waals surface area contributed by atoms with Gasteiger partial charge in [0.25, 0.3) is 0 Å². The molecule has 0 unspecified atom stereocenters. The van der Waals surface area contributed by atoms with Gasteiger partial charge in [0.15, 0.2) is 0 Å². The third-order valence-corrected chi connectivity index (χ3v) is 5.59. The molecule has 0 saturated heterocycles. The first-order valence-electron chi connectivity index (χ1n) is 3.11. The fourth-order valence-electron chi connectivity index (χ4n) is 0.765. The molecule has 0 aliphatic carbocycles. The van der Waals surface area contributed by atoms with E-state index in [-0.39, 0.29) is 5.48 Å². The van der Waals surface area contributed by atoms with Crippen LogP contribution in [0.5, 0.6) is 0 Å². The summed E-state index contributed by atoms with van der Waals surface area (Å²) in [5.74, 6) is -0.916. The molecule has 0 fully saturated rings. The summed E-state index contributed by atoms with van der Waals surface area (Å²) in [7, 11) is 0. The summed E-state index contributed by atoms with van der Waals surface area (Å²) in [6.07, 6.45) is 0. The molecule has 5 N–H and O–H groups in total. The molecule has 0 atom stereocenters. The normalized spacial score (nSPS) is 9.36. The topological polar surface area (TPSA) is 94.8 Å². The van der Waals surface area contributed by atoms with Crippen molar-refractivity contribution in [3.63, 3.8) is 0 Å². The van der Waals surface area contributed by atoms with Crippen molar-refractivity contribution in [3.8, 4) is 0 Å². The molecule has 4 nitrogen and oxygen atoms in total. The van der Waals surface area contributed by atoms with Gasteiger partial charge < -0.3 is 16.3 Å². The van der Waals surface area contributed by atoms with E-state index in [9.17, 15) is 4.79 Å². The maximum Gasteiger partial charge on any atom is 0.336 e. The fraction of sp³-hybridized carbons (Fsp3) is 0. The van der Waals surface area contributed by atoms with E-state index in [2.05, 4.69) is 22.6 Å². The smallest absolute Gasteiger partial charge is 0.336 e. The molecule has 0 aliphatic heterocycles. The maximum atomic E-state index is 10.8. The Kier molecular flexibility index (Phi) is 5.91. The first-order chi connectivity index (χ1) is 5.95. The molecule has 0 heterocycles. The number of hydrogen-bond acceptors (Lipinski definition) is 2. The van der Waals surface area contributed by atoms with Crippen molar-refractivity contribution in [2.45, 2.75) is 0 Å². The molecule has 0 bridgehead atoms. The zero-order chi connectivity index (χ0) is 10.2. The summed E-state index contributed by atoms with van der Waals surface area (Å²) >= 11 is 6.07. The monoisotopic (exact) mass is 533 g/mol. The molecule has 0 spiro atoms. The standard InChI is InChI=1S/C7H4I3NO2.H2O/c8-3-1-2(7(12)13)4(9)5(10)6(3)11;/h1H,11H2,(H,12,13);1H2. The van der Waals surface area contributed by atoms with Gasteiger partial charge in [-0.25, -0.2) is 4.79 Å². The number of nitrogen functional groups attached to an aromatic ring is 1. The molecular formula is C7H6I3NO3. The van der Waals surface area contributed by atoms with Crippen LogP contribution >= 0.6 is 67.8 Å². The Balaban J connectivity index is 0.00000169. The van der Waals surface area contributed by atoms with Crippen molar-refractivity contribution in [1.82, 2.24) is 0 Å². The molecule has 0 aliphatic rings. The SMILES string of the molecule is Nc1c(I)cc(C(=O)O)c(I)c1I.O. The van der Waals surface area contributed by atoms with Gasteiger partial charge in [-0.15, -0.1) is 0 Å². The molecule has 1 aromatic carbocycles. The number of carboxylic acid groups (broad SMARTS) is 1. The second-order valence-electron chi connectivity index (χ2n) is 2.25. The molecule has 0 aromatic heterocycles. The first-order valence-corrected chi connectivity index (χ1v) is 6.35. The third-order valence-electron chi connectivity index (χ3n) is 1.42. The van der Waals surface area contributed by atoms with Crippen LogP contribution in [0.3, 0.4) is 0 Å². The number of aromatic carboxylic acids is 1. The highest BCUT2D eigenvalue weighted by molar-refractivity contribution is 14.1. The van der Waals surface area contributed by atoms with E-state index >= 15 is 0 Å².